The first kappa shape index (κ1) is 10.2. The van der Waals surface area contributed by atoms with Crippen molar-refractivity contribution in [3.63, 3.8) is 0 Å². The average Bonchev–Trinajstić information content (AvgIpc) is 2.62. The third-order valence-electron chi connectivity index (χ3n) is 2.86. The highest BCUT2D eigenvalue weighted by atomic mass is 15.0. The van der Waals surface area contributed by atoms with E-state index in [0.717, 1.165) is 0 Å². The molecule has 0 aliphatic heterocycles. The predicted octanol–water partition coefficient (Wildman–Crippen LogP) is 3.58. The number of hydrogen-bond acceptors (Lipinski definition) is 1. The molecule has 0 radical (unpaired) electrons. The van der Waals surface area contributed by atoms with Crippen LogP contribution < -0.4 is 0 Å². The zero-order valence-electron chi connectivity index (χ0n) is 9.86. The van der Waals surface area contributed by atoms with Gasteiger partial charge in [0.25, 0.3) is 0 Å². The fourth-order valence-corrected chi connectivity index (χ4v) is 1.86. The normalized spacial score (nSPS) is 11.9. The van der Waals surface area contributed by atoms with Crippen molar-refractivity contribution >= 4 is 5.52 Å². The Morgan fingerprint density at radius 1 is 1.13 bits per heavy atom. The van der Waals surface area contributed by atoms with Gasteiger partial charge in [0, 0.05) is 6.20 Å². The smallest absolute Gasteiger partial charge is 0.0992 e. The SMILES string of the molecule is CC(C)c1cc(C(C)C)c2cncn2c1. The number of nitrogens with zero attached hydrogens (tertiary/aromatic N) is 2. The van der Waals surface area contributed by atoms with Gasteiger partial charge in [-0.05, 0) is 23.0 Å². The summed E-state index contributed by atoms with van der Waals surface area (Å²) in [6.45, 7) is 8.91. The van der Waals surface area contributed by atoms with E-state index in [4.69, 9.17) is 0 Å². The fourth-order valence-electron chi connectivity index (χ4n) is 1.86. The van der Waals surface area contributed by atoms with Crippen molar-refractivity contribution in [3.05, 3.63) is 35.9 Å². The van der Waals surface area contributed by atoms with Crippen LogP contribution in [0.3, 0.4) is 0 Å². The lowest BCUT2D eigenvalue weighted by Crippen LogP contribution is -1.98. The zero-order valence-corrected chi connectivity index (χ0v) is 9.86. The molecule has 2 aromatic rings. The summed E-state index contributed by atoms with van der Waals surface area (Å²) in [5.41, 5.74) is 4.00. The number of fused-ring (bicyclic) bond motifs is 1. The molecule has 15 heavy (non-hydrogen) atoms. The molecule has 0 amide bonds. The van der Waals surface area contributed by atoms with Gasteiger partial charge in [-0.3, -0.25) is 0 Å². The maximum Gasteiger partial charge on any atom is 0.0992 e. The van der Waals surface area contributed by atoms with Crippen LogP contribution in [0.1, 0.15) is 50.7 Å². The number of rotatable bonds is 2. The lowest BCUT2D eigenvalue weighted by Gasteiger charge is -2.13. The van der Waals surface area contributed by atoms with Gasteiger partial charge in [0.05, 0.1) is 18.0 Å². The van der Waals surface area contributed by atoms with Gasteiger partial charge >= 0.3 is 0 Å². The van der Waals surface area contributed by atoms with Gasteiger partial charge < -0.3 is 4.40 Å². The van der Waals surface area contributed by atoms with Gasteiger partial charge in [-0.25, -0.2) is 4.98 Å². The standard InChI is InChI=1S/C13H18N2/c1-9(2)11-5-12(10(3)4)13-6-14-8-15(13)7-11/h5-10H,1-4H3. The van der Waals surface area contributed by atoms with Crippen LogP contribution >= 0.6 is 0 Å². The molecule has 2 heterocycles. The van der Waals surface area contributed by atoms with Crippen LogP contribution in [0, 0.1) is 0 Å². The Morgan fingerprint density at radius 3 is 2.47 bits per heavy atom. The van der Waals surface area contributed by atoms with Crippen molar-refractivity contribution in [2.75, 3.05) is 0 Å². The number of aromatic nitrogens is 2. The molecule has 0 saturated carbocycles. The number of hydrogen-bond donors (Lipinski definition) is 0. The summed E-state index contributed by atoms with van der Waals surface area (Å²) in [6, 6.07) is 2.31. The largest absolute Gasteiger partial charge is 0.306 e. The van der Waals surface area contributed by atoms with E-state index < -0.39 is 0 Å². The summed E-state index contributed by atoms with van der Waals surface area (Å²) in [7, 11) is 0. The molecule has 0 aliphatic rings. The molecule has 2 aromatic heterocycles. The van der Waals surface area contributed by atoms with Gasteiger partial charge in [0.15, 0.2) is 0 Å². The molecule has 0 unspecified atom stereocenters. The molecule has 0 bridgehead atoms. The van der Waals surface area contributed by atoms with Gasteiger partial charge in [0.2, 0.25) is 0 Å². The molecule has 0 aliphatic carbocycles. The minimum Gasteiger partial charge on any atom is -0.306 e. The van der Waals surface area contributed by atoms with Gasteiger partial charge in [-0.15, -0.1) is 0 Å². The second kappa shape index (κ2) is 3.69. The second-order valence-corrected chi connectivity index (χ2v) is 4.72. The van der Waals surface area contributed by atoms with Crippen LogP contribution in [-0.4, -0.2) is 9.38 Å². The quantitative estimate of drug-likeness (QED) is 0.727. The van der Waals surface area contributed by atoms with Crippen molar-refractivity contribution in [2.45, 2.75) is 39.5 Å². The number of imidazole rings is 1. The summed E-state index contributed by atoms with van der Waals surface area (Å²) < 4.78 is 2.13. The Morgan fingerprint density at radius 2 is 1.87 bits per heavy atom. The Balaban J connectivity index is 2.69. The molecular weight excluding hydrogens is 184 g/mol. The van der Waals surface area contributed by atoms with Crippen LogP contribution in [0.4, 0.5) is 0 Å². The minimum atomic E-state index is 0.544. The molecule has 80 valence electrons. The molecule has 2 rings (SSSR count). The van der Waals surface area contributed by atoms with E-state index in [1.165, 1.54) is 16.6 Å². The van der Waals surface area contributed by atoms with Crippen molar-refractivity contribution in [1.29, 1.82) is 0 Å². The summed E-state index contributed by atoms with van der Waals surface area (Å²) in [5.74, 6) is 1.11. The highest BCUT2D eigenvalue weighted by Crippen LogP contribution is 2.25. The van der Waals surface area contributed by atoms with Crippen LogP contribution in [0.25, 0.3) is 5.52 Å². The third kappa shape index (κ3) is 1.76. The topological polar surface area (TPSA) is 17.3 Å². The molecule has 0 spiro atoms. The summed E-state index contributed by atoms with van der Waals surface area (Å²) in [5, 5.41) is 0. The highest BCUT2D eigenvalue weighted by molar-refractivity contribution is 5.56. The Hall–Kier alpha value is -1.31. The number of pyridine rings is 1. The maximum absolute atomic E-state index is 4.21. The lowest BCUT2D eigenvalue weighted by molar-refractivity contribution is 0.822. The van der Waals surface area contributed by atoms with Crippen LogP contribution in [0.5, 0.6) is 0 Å². The van der Waals surface area contributed by atoms with Crippen LogP contribution in [0.15, 0.2) is 24.8 Å². The van der Waals surface area contributed by atoms with E-state index >= 15 is 0 Å². The predicted molar refractivity (Wildman–Crippen MR) is 63.4 cm³/mol. The molecule has 0 saturated heterocycles. The first-order chi connectivity index (χ1) is 7.09. The Bertz CT molecular complexity index is 466. The van der Waals surface area contributed by atoms with E-state index in [9.17, 15) is 0 Å². The summed E-state index contributed by atoms with van der Waals surface area (Å²) >= 11 is 0. The molecule has 0 fully saturated rings. The maximum atomic E-state index is 4.21. The first-order valence-electron chi connectivity index (χ1n) is 5.55. The molecule has 0 atom stereocenters. The molecule has 0 aromatic carbocycles. The average molecular weight is 202 g/mol. The second-order valence-electron chi connectivity index (χ2n) is 4.72. The lowest BCUT2D eigenvalue weighted by atomic mass is 9.97. The molecule has 2 heteroatoms. The van der Waals surface area contributed by atoms with E-state index in [-0.39, 0.29) is 0 Å². The fraction of sp³-hybridized carbons (Fsp3) is 0.462. The van der Waals surface area contributed by atoms with Crippen molar-refractivity contribution in [2.24, 2.45) is 0 Å². The van der Waals surface area contributed by atoms with Crippen molar-refractivity contribution in [1.82, 2.24) is 9.38 Å². The Kier molecular flexibility index (Phi) is 2.51. The zero-order chi connectivity index (χ0) is 11.0. The first-order valence-corrected chi connectivity index (χ1v) is 5.55. The van der Waals surface area contributed by atoms with Crippen molar-refractivity contribution < 1.29 is 0 Å². The monoisotopic (exact) mass is 202 g/mol. The van der Waals surface area contributed by atoms with E-state index in [1.807, 2.05) is 12.5 Å². The summed E-state index contributed by atoms with van der Waals surface area (Å²) in [6.07, 6.45) is 6.01. The van der Waals surface area contributed by atoms with E-state index in [1.54, 1.807) is 0 Å². The van der Waals surface area contributed by atoms with E-state index in [2.05, 4.69) is 49.3 Å². The molecular formula is C13H18N2. The third-order valence-corrected chi connectivity index (χ3v) is 2.86. The minimum absolute atomic E-state index is 0.544. The van der Waals surface area contributed by atoms with Gasteiger partial charge in [-0.1, -0.05) is 33.8 Å². The van der Waals surface area contributed by atoms with Gasteiger partial charge in [-0.2, -0.15) is 0 Å². The van der Waals surface area contributed by atoms with Gasteiger partial charge in [0.1, 0.15) is 0 Å². The van der Waals surface area contributed by atoms with E-state index in [0.29, 0.717) is 11.8 Å². The molecule has 0 N–H and O–H groups in total. The van der Waals surface area contributed by atoms with Crippen molar-refractivity contribution in [3.8, 4) is 0 Å². The van der Waals surface area contributed by atoms with Crippen LogP contribution in [0.2, 0.25) is 0 Å². The van der Waals surface area contributed by atoms with Crippen LogP contribution in [-0.2, 0) is 0 Å². The Labute approximate surface area is 91.0 Å². The molecule has 2 nitrogen and oxygen atoms in total. The summed E-state index contributed by atoms with van der Waals surface area (Å²) in [4.78, 5) is 4.21. The highest BCUT2D eigenvalue weighted by Gasteiger charge is 2.09.